The number of allylic oxidation sites excluding steroid dienone is 4. The summed E-state index contributed by atoms with van der Waals surface area (Å²) in [5.74, 6) is 2.54. The summed E-state index contributed by atoms with van der Waals surface area (Å²) >= 11 is 0. The highest BCUT2D eigenvalue weighted by atomic mass is 16.5. The highest BCUT2D eigenvalue weighted by molar-refractivity contribution is 5.73. The van der Waals surface area contributed by atoms with E-state index in [0.717, 1.165) is 36.0 Å². The number of aromatic nitrogens is 3. The third-order valence-electron chi connectivity index (χ3n) is 7.21. The Morgan fingerprint density at radius 2 is 1.45 bits per heavy atom. The number of aryl methyl sites for hydroxylation is 2. The second-order valence-corrected chi connectivity index (χ2v) is 10.6. The number of aromatic hydroxyl groups is 1. The van der Waals surface area contributed by atoms with Crippen LogP contribution in [-0.2, 0) is 0 Å². The van der Waals surface area contributed by atoms with E-state index in [4.69, 9.17) is 19.7 Å². The fourth-order valence-corrected chi connectivity index (χ4v) is 5.02. The van der Waals surface area contributed by atoms with Gasteiger partial charge in [-0.3, -0.25) is 0 Å². The summed E-state index contributed by atoms with van der Waals surface area (Å²) in [4.78, 5) is 14.6. The molecule has 1 aliphatic carbocycles. The molecule has 1 heterocycles. The van der Waals surface area contributed by atoms with E-state index in [9.17, 15) is 5.11 Å². The molecular formula is C33H41N3O2. The molecule has 0 amide bonds. The van der Waals surface area contributed by atoms with Crippen molar-refractivity contribution in [1.29, 1.82) is 0 Å². The van der Waals surface area contributed by atoms with Crippen LogP contribution < -0.4 is 4.74 Å². The summed E-state index contributed by atoms with van der Waals surface area (Å²) in [6.45, 7) is 11.3. The summed E-state index contributed by atoms with van der Waals surface area (Å²) in [6, 6.07) is 11.7. The largest absolute Gasteiger partial charge is 0.507 e. The zero-order valence-corrected chi connectivity index (χ0v) is 23.6. The van der Waals surface area contributed by atoms with E-state index in [-0.39, 0.29) is 5.75 Å². The van der Waals surface area contributed by atoms with Crippen LogP contribution in [0.25, 0.3) is 28.3 Å². The second-order valence-electron chi connectivity index (χ2n) is 10.6. The van der Waals surface area contributed by atoms with Gasteiger partial charge in [0.2, 0.25) is 0 Å². The number of ether oxygens (including phenoxy) is 1. The van der Waals surface area contributed by atoms with E-state index < -0.39 is 0 Å². The molecule has 0 aliphatic heterocycles. The zero-order valence-electron chi connectivity index (χ0n) is 23.6. The van der Waals surface area contributed by atoms with Crippen LogP contribution in [0.15, 0.2) is 53.6 Å². The SMILES string of the molecule is CCCCCCCCOc1ccc(-c2nc(C3=C(C)C=C(C)CC3)nc(-c3ccc(C)cc3C)n2)c(O)c1. The Morgan fingerprint density at radius 1 is 0.763 bits per heavy atom. The molecule has 0 bridgehead atoms. The number of benzene rings is 2. The van der Waals surface area contributed by atoms with Crippen molar-refractivity contribution in [3.63, 3.8) is 0 Å². The Morgan fingerprint density at radius 3 is 2.16 bits per heavy atom. The van der Waals surface area contributed by atoms with Crippen molar-refractivity contribution in [2.45, 2.75) is 86.0 Å². The molecule has 0 saturated heterocycles. The maximum atomic E-state index is 11.0. The molecule has 3 aromatic rings. The van der Waals surface area contributed by atoms with E-state index >= 15 is 0 Å². The van der Waals surface area contributed by atoms with E-state index in [0.29, 0.717) is 35.4 Å². The van der Waals surface area contributed by atoms with Gasteiger partial charge in [-0.05, 0) is 70.2 Å². The predicted octanol–water partition coefficient (Wildman–Crippen LogP) is 8.78. The second kappa shape index (κ2) is 12.9. The van der Waals surface area contributed by atoms with E-state index in [1.807, 2.05) is 12.1 Å². The third-order valence-corrected chi connectivity index (χ3v) is 7.21. The lowest BCUT2D eigenvalue weighted by molar-refractivity contribution is 0.303. The Labute approximate surface area is 227 Å². The van der Waals surface area contributed by atoms with Gasteiger partial charge in [0.15, 0.2) is 17.5 Å². The minimum absolute atomic E-state index is 0.110. The number of nitrogens with zero attached hydrogens (tertiary/aromatic N) is 3. The van der Waals surface area contributed by atoms with Gasteiger partial charge in [0.05, 0.1) is 12.2 Å². The molecule has 0 fully saturated rings. The lowest BCUT2D eigenvalue weighted by Crippen LogP contribution is -2.06. The Kier molecular flexibility index (Phi) is 9.33. The number of rotatable bonds is 11. The molecule has 2 aromatic carbocycles. The number of hydrogen-bond donors (Lipinski definition) is 1. The minimum atomic E-state index is 0.110. The first-order chi connectivity index (χ1) is 18.4. The van der Waals surface area contributed by atoms with Crippen molar-refractivity contribution < 1.29 is 9.84 Å². The van der Waals surface area contributed by atoms with Gasteiger partial charge in [-0.25, -0.2) is 15.0 Å². The zero-order chi connectivity index (χ0) is 27.1. The lowest BCUT2D eigenvalue weighted by Gasteiger charge is -2.17. The molecule has 5 heteroatoms. The first-order valence-corrected chi connectivity index (χ1v) is 14.0. The van der Waals surface area contributed by atoms with Crippen molar-refractivity contribution in [3.8, 4) is 34.3 Å². The lowest BCUT2D eigenvalue weighted by atomic mass is 9.93. The van der Waals surface area contributed by atoms with Crippen molar-refractivity contribution in [2.24, 2.45) is 0 Å². The molecule has 38 heavy (non-hydrogen) atoms. The number of unbranched alkanes of at least 4 members (excludes halogenated alkanes) is 5. The van der Waals surface area contributed by atoms with E-state index in [1.165, 1.54) is 48.8 Å². The molecule has 5 nitrogen and oxygen atoms in total. The minimum Gasteiger partial charge on any atom is -0.507 e. The van der Waals surface area contributed by atoms with Crippen LogP contribution in [0.4, 0.5) is 0 Å². The van der Waals surface area contributed by atoms with Gasteiger partial charge in [-0.2, -0.15) is 0 Å². The standard InChI is InChI=1S/C33H41N3O2/c1-6-7-8-9-10-11-18-38-26-14-17-29(30(37)21-26)33-35-31(27-15-12-22(2)19-24(27)4)34-32(36-33)28-16-13-23(3)20-25(28)5/h12,14-15,17,19-21,37H,6-11,13,16,18H2,1-5H3. The van der Waals surface area contributed by atoms with Crippen LogP contribution in [0.5, 0.6) is 11.5 Å². The van der Waals surface area contributed by atoms with Crippen molar-refractivity contribution >= 4 is 5.57 Å². The normalized spacial score (nSPS) is 13.6. The highest BCUT2D eigenvalue weighted by Gasteiger charge is 2.19. The van der Waals surface area contributed by atoms with Gasteiger partial charge in [-0.15, -0.1) is 0 Å². The molecule has 1 N–H and O–H groups in total. The molecule has 0 saturated carbocycles. The highest BCUT2D eigenvalue weighted by Crippen LogP contribution is 2.35. The fourth-order valence-electron chi connectivity index (χ4n) is 5.02. The van der Waals surface area contributed by atoms with Crippen LogP contribution in [0.3, 0.4) is 0 Å². The molecule has 0 unspecified atom stereocenters. The molecular weight excluding hydrogens is 470 g/mol. The Bertz CT molecular complexity index is 1340. The van der Waals surface area contributed by atoms with Gasteiger partial charge >= 0.3 is 0 Å². The number of hydrogen-bond acceptors (Lipinski definition) is 5. The van der Waals surface area contributed by atoms with Crippen molar-refractivity contribution in [2.75, 3.05) is 6.61 Å². The first kappa shape index (κ1) is 27.6. The monoisotopic (exact) mass is 511 g/mol. The number of phenolic OH excluding ortho intramolecular Hbond substituents is 1. The van der Waals surface area contributed by atoms with E-state index in [2.05, 4.69) is 58.9 Å². The van der Waals surface area contributed by atoms with Gasteiger partial charge in [-0.1, -0.05) is 74.4 Å². The number of phenols is 1. The molecule has 0 radical (unpaired) electrons. The topological polar surface area (TPSA) is 68.1 Å². The summed E-state index contributed by atoms with van der Waals surface area (Å²) in [6.07, 6.45) is 11.4. The van der Waals surface area contributed by atoms with Gasteiger partial charge < -0.3 is 9.84 Å². The van der Waals surface area contributed by atoms with Crippen LogP contribution in [0.1, 0.15) is 89.1 Å². The van der Waals surface area contributed by atoms with Crippen LogP contribution in [-0.4, -0.2) is 26.7 Å². The van der Waals surface area contributed by atoms with Gasteiger partial charge in [0.1, 0.15) is 11.5 Å². The van der Waals surface area contributed by atoms with Gasteiger partial charge in [0, 0.05) is 17.2 Å². The smallest absolute Gasteiger partial charge is 0.167 e. The summed E-state index contributed by atoms with van der Waals surface area (Å²) < 4.78 is 5.92. The molecule has 4 rings (SSSR count). The molecule has 0 spiro atoms. The Hall–Kier alpha value is -3.47. The maximum absolute atomic E-state index is 11.0. The maximum Gasteiger partial charge on any atom is 0.167 e. The molecule has 200 valence electrons. The average Bonchev–Trinajstić information content (AvgIpc) is 2.88. The van der Waals surface area contributed by atoms with Crippen molar-refractivity contribution in [3.05, 3.63) is 70.6 Å². The van der Waals surface area contributed by atoms with Crippen LogP contribution in [0, 0.1) is 13.8 Å². The summed E-state index contributed by atoms with van der Waals surface area (Å²) in [5.41, 5.74) is 7.53. The van der Waals surface area contributed by atoms with Gasteiger partial charge in [0.25, 0.3) is 0 Å². The van der Waals surface area contributed by atoms with Crippen LogP contribution >= 0.6 is 0 Å². The van der Waals surface area contributed by atoms with E-state index in [1.54, 1.807) is 6.07 Å². The molecule has 1 aliphatic rings. The average molecular weight is 512 g/mol. The predicted molar refractivity (Wildman–Crippen MR) is 156 cm³/mol. The quantitative estimate of drug-likeness (QED) is 0.261. The van der Waals surface area contributed by atoms with Crippen LogP contribution in [0.2, 0.25) is 0 Å². The summed E-state index contributed by atoms with van der Waals surface area (Å²) in [5, 5.41) is 11.0. The molecule has 1 aromatic heterocycles. The Balaban J connectivity index is 1.64. The molecule has 0 atom stereocenters. The summed E-state index contributed by atoms with van der Waals surface area (Å²) in [7, 11) is 0. The van der Waals surface area contributed by atoms with Crippen molar-refractivity contribution in [1.82, 2.24) is 15.0 Å². The fraction of sp³-hybridized carbons (Fsp3) is 0.424. The third kappa shape index (κ3) is 6.89. The first-order valence-electron chi connectivity index (χ1n) is 14.0.